The summed E-state index contributed by atoms with van der Waals surface area (Å²) in [5.74, 6) is -1.64. The van der Waals surface area contributed by atoms with Crippen LogP contribution in [0.3, 0.4) is 0 Å². The first-order valence-corrected chi connectivity index (χ1v) is 13.9. The van der Waals surface area contributed by atoms with Crippen LogP contribution in [-0.4, -0.2) is 16.7 Å². The minimum atomic E-state index is -1.80. The Bertz CT molecular complexity index is 2020. The highest BCUT2D eigenvalue weighted by molar-refractivity contribution is 6.31. The quantitative estimate of drug-likeness (QED) is 0.239. The lowest BCUT2D eigenvalue weighted by atomic mass is 9.83. The van der Waals surface area contributed by atoms with Gasteiger partial charge in [-0.3, -0.25) is 14.4 Å². The monoisotopic (exact) mass is 578 g/mol. The molecule has 5 aromatic rings. The lowest BCUT2D eigenvalue weighted by molar-refractivity contribution is -0.126. The summed E-state index contributed by atoms with van der Waals surface area (Å²) in [6.45, 7) is 3.86. The zero-order chi connectivity index (χ0) is 29.3. The van der Waals surface area contributed by atoms with Crippen molar-refractivity contribution in [3.8, 4) is 0 Å². The number of rotatable bonds is 4. The molecule has 2 amide bonds. The van der Waals surface area contributed by atoms with Crippen LogP contribution in [0.4, 0.5) is 10.1 Å². The van der Waals surface area contributed by atoms with Gasteiger partial charge in [-0.25, -0.2) is 4.39 Å². The topological polar surface area (TPSA) is 70.8 Å². The summed E-state index contributed by atoms with van der Waals surface area (Å²) in [6, 6.07) is 23.6. The van der Waals surface area contributed by atoms with Crippen molar-refractivity contribution < 1.29 is 18.4 Å². The highest BCUT2D eigenvalue weighted by Crippen LogP contribution is 2.53. The minimum absolute atomic E-state index is 0.00975. The van der Waals surface area contributed by atoms with Gasteiger partial charge in [0.1, 0.15) is 11.4 Å². The van der Waals surface area contributed by atoms with E-state index in [0.29, 0.717) is 32.8 Å². The summed E-state index contributed by atoms with van der Waals surface area (Å²) in [5.41, 5.74) is 2.18. The molecule has 0 bridgehead atoms. The number of anilines is 1. The van der Waals surface area contributed by atoms with E-state index in [0.717, 1.165) is 11.1 Å². The van der Waals surface area contributed by atoms with Crippen LogP contribution < -0.4 is 10.3 Å². The number of para-hydroxylation sites is 1. The fraction of sp³-hybridized carbons (Fsp3) is 0.147. The fourth-order valence-corrected chi connectivity index (χ4v) is 6.39. The van der Waals surface area contributed by atoms with E-state index in [1.807, 2.05) is 38.1 Å². The molecule has 2 aliphatic heterocycles. The van der Waals surface area contributed by atoms with Gasteiger partial charge >= 0.3 is 0 Å². The standard InChI is InChI=1S/C34H24ClFN2O4/c1-19-15-24-28(16-20(19)2)42-31-29(30(24)39)34(38(32(31)40)17-21-11-13-23(36)14-12-21)25-8-4-6-10-27(25)37(33(34)41)18-22-7-3-5-9-26(22)35/h3-16H,17-18H2,1-2H3. The number of benzene rings is 4. The van der Waals surface area contributed by atoms with Crippen molar-refractivity contribution in [2.75, 3.05) is 4.90 Å². The Hall–Kier alpha value is -4.75. The molecule has 1 aromatic heterocycles. The van der Waals surface area contributed by atoms with Crippen LogP contribution in [0.2, 0.25) is 5.02 Å². The Morgan fingerprint density at radius 3 is 2.31 bits per heavy atom. The number of carbonyl (C=O) groups is 2. The van der Waals surface area contributed by atoms with Crippen LogP contribution in [0.1, 0.15) is 43.9 Å². The molecule has 0 radical (unpaired) electrons. The summed E-state index contributed by atoms with van der Waals surface area (Å²) in [4.78, 5) is 46.6. The number of halogens is 2. The molecule has 0 N–H and O–H groups in total. The van der Waals surface area contributed by atoms with Crippen molar-refractivity contribution in [3.63, 3.8) is 0 Å². The van der Waals surface area contributed by atoms with Gasteiger partial charge in [0, 0.05) is 17.1 Å². The maximum atomic E-state index is 14.9. The molecule has 1 unspecified atom stereocenters. The highest BCUT2D eigenvalue weighted by Gasteiger charge is 2.65. The third-order valence-corrected chi connectivity index (χ3v) is 8.76. The maximum absolute atomic E-state index is 14.9. The summed E-state index contributed by atoms with van der Waals surface area (Å²) in [6.07, 6.45) is 0. The number of aryl methyl sites for hydroxylation is 2. The van der Waals surface area contributed by atoms with E-state index in [2.05, 4.69) is 0 Å². The van der Waals surface area contributed by atoms with E-state index in [-0.39, 0.29) is 30.0 Å². The number of hydrogen-bond donors (Lipinski definition) is 0. The number of hydrogen-bond acceptors (Lipinski definition) is 4. The fourth-order valence-electron chi connectivity index (χ4n) is 6.19. The molecule has 3 heterocycles. The van der Waals surface area contributed by atoms with Crippen molar-refractivity contribution in [2.45, 2.75) is 32.5 Å². The molecular formula is C34H24ClFN2O4. The minimum Gasteiger partial charge on any atom is -0.450 e. The van der Waals surface area contributed by atoms with Gasteiger partial charge in [-0.2, -0.15) is 0 Å². The van der Waals surface area contributed by atoms with Crippen molar-refractivity contribution >= 4 is 40.1 Å². The second-order valence-electron chi connectivity index (χ2n) is 10.8. The smallest absolute Gasteiger partial charge is 0.291 e. The zero-order valence-electron chi connectivity index (χ0n) is 22.8. The summed E-state index contributed by atoms with van der Waals surface area (Å²) in [7, 11) is 0. The van der Waals surface area contributed by atoms with Crippen LogP contribution in [-0.2, 0) is 23.4 Å². The van der Waals surface area contributed by atoms with E-state index >= 15 is 0 Å². The molecule has 2 aliphatic rings. The molecule has 0 saturated carbocycles. The van der Waals surface area contributed by atoms with E-state index in [9.17, 15) is 18.8 Å². The normalized spacial score (nSPS) is 17.4. The number of carbonyl (C=O) groups excluding carboxylic acids is 2. The van der Waals surface area contributed by atoms with E-state index in [4.69, 9.17) is 16.0 Å². The van der Waals surface area contributed by atoms with Gasteiger partial charge in [0.15, 0.2) is 11.0 Å². The van der Waals surface area contributed by atoms with E-state index in [1.165, 1.54) is 17.0 Å². The van der Waals surface area contributed by atoms with Crippen LogP contribution in [0.15, 0.2) is 94.1 Å². The molecule has 0 aliphatic carbocycles. The van der Waals surface area contributed by atoms with Crippen LogP contribution >= 0.6 is 11.6 Å². The number of amides is 2. The average molecular weight is 579 g/mol. The van der Waals surface area contributed by atoms with Crippen LogP contribution in [0.25, 0.3) is 11.0 Å². The lowest BCUT2D eigenvalue weighted by Crippen LogP contribution is -2.52. The molecule has 1 spiro atoms. The molecule has 7 rings (SSSR count). The van der Waals surface area contributed by atoms with Crippen LogP contribution in [0.5, 0.6) is 0 Å². The second kappa shape index (κ2) is 9.39. The van der Waals surface area contributed by atoms with Gasteiger partial charge in [0.25, 0.3) is 11.8 Å². The molecule has 0 saturated heterocycles. The SMILES string of the molecule is Cc1cc2oc3c(c(=O)c2cc1C)C1(C(=O)N(Cc2ccccc2Cl)c2ccccc21)N(Cc1ccc(F)cc1)C3=O. The second-order valence-corrected chi connectivity index (χ2v) is 11.2. The lowest BCUT2D eigenvalue weighted by Gasteiger charge is -2.34. The highest BCUT2D eigenvalue weighted by atomic mass is 35.5. The summed E-state index contributed by atoms with van der Waals surface area (Å²) < 4.78 is 20.0. The van der Waals surface area contributed by atoms with Crippen molar-refractivity contribution in [2.24, 2.45) is 0 Å². The largest absolute Gasteiger partial charge is 0.450 e. The van der Waals surface area contributed by atoms with E-state index < -0.39 is 28.6 Å². The van der Waals surface area contributed by atoms with Gasteiger partial charge in [-0.05, 0) is 72.5 Å². The average Bonchev–Trinajstić information content (AvgIpc) is 3.37. The van der Waals surface area contributed by atoms with Gasteiger partial charge in [-0.15, -0.1) is 0 Å². The summed E-state index contributed by atoms with van der Waals surface area (Å²) in [5, 5.41) is 0.786. The van der Waals surface area contributed by atoms with E-state index in [1.54, 1.807) is 53.4 Å². The molecule has 6 nitrogen and oxygen atoms in total. The first kappa shape index (κ1) is 26.2. The molecule has 208 valence electrons. The molecule has 4 aromatic carbocycles. The van der Waals surface area contributed by atoms with Gasteiger partial charge in [0.2, 0.25) is 5.76 Å². The predicted octanol–water partition coefficient (Wildman–Crippen LogP) is 6.65. The Balaban J connectivity index is 1.52. The maximum Gasteiger partial charge on any atom is 0.291 e. The molecule has 8 heteroatoms. The molecule has 42 heavy (non-hydrogen) atoms. The zero-order valence-corrected chi connectivity index (χ0v) is 23.5. The van der Waals surface area contributed by atoms with Crippen molar-refractivity contribution in [1.29, 1.82) is 0 Å². The van der Waals surface area contributed by atoms with Gasteiger partial charge in [-0.1, -0.05) is 60.1 Å². The Morgan fingerprint density at radius 2 is 1.55 bits per heavy atom. The molecule has 1 atom stereocenters. The number of nitrogens with zero attached hydrogens (tertiary/aromatic N) is 2. The Kier molecular flexibility index (Phi) is 5.85. The summed E-state index contributed by atoms with van der Waals surface area (Å²) >= 11 is 6.50. The van der Waals surface area contributed by atoms with Gasteiger partial charge < -0.3 is 14.2 Å². The third kappa shape index (κ3) is 3.59. The molecular weight excluding hydrogens is 555 g/mol. The third-order valence-electron chi connectivity index (χ3n) is 8.39. The Labute approximate surface area is 245 Å². The number of fused-ring (bicyclic) bond motifs is 5. The first-order chi connectivity index (χ1) is 20.2. The Morgan fingerprint density at radius 1 is 0.857 bits per heavy atom. The van der Waals surface area contributed by atoms with Gasteiger partial charge in [0.05, 0.1) is 23.2 Å². The molecule has 0 fully saturated rings. The predicted molar refractivity (Wildman–Crippen MR) is 158 cm³/mol. The van der Waals surface area contributed by atoms with Crippen molar-refractivity contribution in [1.82, 2.24) is 4.90 Å². The first-order valence-electron chi connectivity index (χ1n) is 13.5. The van der Waals surface area contributed by atoms with Crippen molar-refractivity contribution in [3.05, 3.63) is 145 Å². The van der Waals surface area contributed by atoms with Crippen LogP contribution in [0, 0.1) is 19.7 Å².